The van der Waals surface area contributed by atoms with Crippen LogP contribution in [0.1, 0.15) is 78.6 Å². The van der Waals surface area contributed by atoms with Gasteiger partial charge in [-0.25, -0.2) is 0 Å². The Kier molecular flexibility index (Phi) is 8.70. The lowest BCUT2D eigenvalue weighted by Crippen LogP contribution is -2.17. The summed E-state index contributed by atoms with van der Waals surface area (Å²) >= 11 is 0. The number of hydrogen-bond donors (Lipinski definition) is 0. The van der Waals surface area contributed by atoms with E-state index < -0.39 is 0 Å². The zero-order chi connectivity index (χ0) is 13.2. The highest BCUT2D eigenvalue weighted by Crippen LogP contribution is 2.23. The van der Waals surface area contributed by atoms with Gasteiger partial charge in [-0.2, -0.15) is 0 Å². The monoisotopic (exact) mass is 256 g/mol. The molecule has 0 saturated heterocycles. The van der Waals surface area contributed by atoms with Gasteiger partial charge in [-0.1, -0.05) is 26.2 Å². The fourth-order valence-electron chi connectivity index (χ4n) is 2.73. The molecule has 0 radical (unpaired) electrons. The molecule has 0 N–H and O–H groups in total. The molecule has 2 heteroatoms. The summed E-state index contributed by atoms with van der Waals surface area (Å²) in [5.41, 5.74) is 0. The molecule has 0 aromatic heterocycles. The summed E-state index contributed by atoms with van der Waals surface area (Å²) in [7, 11) is 0. The van der Waals surface area contributed by atoms with E-state index in [1.165, 1.54) is 57.8 Å². The van der Waals surface area contributed by atoms with Gasteiger partial charge in [0.1, 0.15) is 0 Å². The van der Waals surface area contributed by atoms with Crippen LogP contribution in [0.25, 0.3) is 0 Å². The highest BCUT2D eigenvalue weighted by molar-refractivity contribution is 4.68. The zero-order valence-corrected chi connectivity index (χ0v) is 12.6. The van der Waals surface area contributed by atoms with Crippen LogP contribution >= 0.6 is 0 Å². The van der Waals surface area contributed by atoms with Crippen molar-refractivity contribution in [1.82, 2.24) is 0 Å². The summed E-state index contributed by atoms with van der Waals surface area (Å²) in [6, 6.07) is 0. The van der Waals surface area contributed by atoms with Crippen molar-refractivity contribution in [3.05, 3.63) is 0 Å². The molecule has 0 spiro atoms. The second-order valence-electron chi connectivity index (χ2n) is 5.82. The van der Waals surface area contributed by atoms with Crippen molar-refractivity contribution in [1.29, 1.82) is 0 Å². The first kappa shape index (κ1) is 16.0. The highest BCUT2D eigenvalue weighted by Gasteiger charge is 2.17. The van der Waals surface area contributed by atoms with Gasteiger partial charge in [0, 0.05) is 6.61 Å². The third-order valence-corrected chi connectivity index (χ3v) is 3.83. The molecule has 18 heavy (non-hydrogen) atoms. The molecule has 0 heterocycles. The van der Waals surface area contributed by atoms with Crippen LogP contribution in [0.3, 0.4) is 0 Å². The summed E-state index contributed by atoms with van der Waals surface area (Å²) in [6.07, 6.45) is 12.7. The van der Waals surface area contributed by atoms with E-state index in [-0.39, 0.29) is 0 Å². The van der Waals surface area contributed by atoms with Gasteiger partial charge in [0.25, 0.3) is 0 Å². The van der Waals surface area contributed by atoms with Crippen LogP contribution < -0.4 is 0 Å². The predicted molar refractivity (Wildman–Crippen MR) is 77.0 cm³/mol. The van der Waals surface area contributed by atoms with Crippen LogP contribution in [-0.4, -0.2) is 24.9 Å². The minimum absolute atomic E-state index is 0.432. The molecular weight excluding hydrogens is 224 g/mol. The van der Waals surface area contributed by atoms with E-state index in [4.69, 9.17) is 9.47 Å². The summed E-state index contributed by atoms with van der Waals surface area (Å²) < 4.78 is 11.8. The first-order valence-corrected chi connectivity index (χ1v) is 7.99. The molecule has 1 rings (SSSR count). The molecule has 2 nitrogen and oxygen atoms in total. The largest absolute Gasteiger partial charge is 0.379 e. The molecule has 1 aliphatic rings. The van der Waals surface area contributed by atoms with E-state index in [0.717, 1.165) is 6.61 Å². The fraction of sp³-hybridized carbons (Fsp3) is 1.00. The van der Waals surface area contributed by atoms with E-state index in [0.29, 0.717) is 18.3 Å². The Labute approximate surface area is 113 Å². The molecule has 0 aliphatic heterocycles. The molecule has 0 bridgehead atoms. The Hall–Kier alpha value is -0.0800. The third-order valence-electron chi connectivity index (χ3n) is 3.83. The standard InChI is InChI=1S/C16H32O2/c1-4-9-14(2)17-13-8-7-10-15(3)18-16-11-5-6-12-16/h14-16H,4-13H2,1-3H3/t14-,15?/m1/s1. The quantitative estimate of drug-likeness (QED) is 0.527. The molecular formula is C16H32O2. The maximum absolute atomic E-state index is 6.04. The third kappa shape index (κ3) is 7.38. The van der Waals surface area contributed by atoms with Crippen molar-refractivity contribution < 1.29 is 9.47 Å². The van der Waals surface area contributed by atoms with E-state index >= 15 is 0 Å². The van der Waals surface area contributed by atoms with E-state index in [1.807, 2.05) is 0 Å². The number of rotatable bonds is 10. The Bertz CT molecular complexity index is 188. The van der Waals surface area contributed by atoms with Gasteiger partial charge in [0.15, 0.2) is 0 Å². The summed E-state index contributed by atoms with van der Waals surface area (Å²) in [4.78, 5) is 0. The van der Waals surface area contributed by atoms with Crippen LogP contribution in [0.2, 0.25) is 0 Å². The molecule has 0 amide bonds. The van der Waals surface area contributed by atoms with Crippen LogP contribution in [0.4, 0.5) is 0 Å². The summed E-state index contributed by atoms with van der Waals surface area (Å²) in [5, 5.41) is 0. The zero-order valence-electron chi connectivity index (χ0n) is 12.6. The first-order chi connectivity index (χ1) is 8.72. The first-order valence-electron chi connectivity index (χ1n) is 7.99. The fourth-order valence-corrected chi connectivity index (χ4v) is 2.73. The van der Waals surface area contributed by atoms with E-state index in [2.05, 4.69) is 20.8 Å². The van der Waals surface area contributed by atoms with Crippen molar-refractivity contribution in [2.24, 2.45) is 0 Å². The lowest BCUT2D eigenvalue weighted by atomic mass is 10.1. The second-order valence-corrected chi connectivity index (χ2v) is 5.82. The Balaban J connectivity index is 1.90. The molecule has 1 unspecified atom stereocenters. The minimum atomic E-state index is 0.432. The number of unbranched alkanes of at least 4 members (excludes halogenated alkanes) is 1. The Morgan fingerprint density at radius 1 is 1.00 bits per heavy atom. The van der Waals surface area contributed by atoms with Crippen molar-refractivity contribution in [2.45, 2.75) is 96.9 Å². The molecule has 1 aliphatic carbocycles. The molecule has 0 aromatic rings. The van der Waals surface area contributed by atoms with Gasteiger partial charge in [-0.05, 0) is 52.4 Å². The normalized spacial score (nSPS) is 20.2. The second kappa shape index (κ2) is 9.80. The number of hydrogen-bond acceptors (Lipinski definition) is 2. The topological polar surface area (TPSA) is 18.5 Å². The molecule has 108 valence electrons. The average molecular weight is 256 g/mol. The average Bonchev–Trinajstić information content (AvgIpc) is 2.81. The van der Waals surface area contributed by atoms with Crippen LogP contribution in [0.15, 0.2) is 0 Å². The highest BCUT2D eigenvalue weighted by atomic mass is 16.5. The lowest BCUT2D eigenvalue weighted by molar-refractivity contribution is -0.00499. The van der Waals surface area contributed by atoms with Gasteiger partial charge in [-0.3, -0.25) is 0 Å². The van der Waals surface area contributed by atoms with Gasteiger partial charge >= 0.3 is 0 Å². The van der Waals surface area contributed by atoms with Crippen molar-refractivity contribution >= 4 is 0 Å². The van der Waals surface area contributed by atoms with Gasteiger partial charge < -0.3 is 9.47 Å². The Morgan fingerprint density at radius 3 is 2.39 bits per heavy atom. The number of ether oxygens (including phenoxy) is 2. The van der Waals surface area contributed by atoms with E-state index in [1.54, 1.807) is 0 Å². The molecule has 1 saturated carbocycles. The van der Waals surface area contributed by atoms with Crippen molar-refractivity contribution in [3.8, 4) is 0 Å². The molecule has 2 atom stereocenters. The van der Waals surface area contributed by atoms with Crippen LogP contribution in [-0.2, 0) is 9.47 Å². The minimum Gasteiger partial charge on any atom is -0.379 e. The SMILES string of the molecule is CCC[C@@H](C)OCCCCC(C)OC1CCCC1. The van der Waals surface area contributed by atoms with Crippen LogP contribution in [0.5, 0.6) is 0 Å². The van der Waals surface area contributed by atoms with Gasteiger partial charge in [-0.15, -0.1) is 0 Å². The van der Waals surface area contributed by atoms with Gasteiger partial charge in [0.2, 0.25) is 0 Å². The maximum Gasteiger partial charge on any atom is 0.0578 e. The van der Waals surface area contributed by atoms with Gasteiger partial charge in [0.05, 0.1) is 18.3 Å². The molecule has 0 aromatic carbocycles. The smallest absolute Gasteiger partial charge is 0.0578 e. The van der Waals surface area contributed by atoms with Crippen molar-refractivity contribution in [3.63, 3.8) is 0 Å². The molecule has 1 fully saturated rings. The Morgan fingerprint density at radius 2 is 1.72 bits per heavy atom. The maximum atomic E-state index is 6.04. The summed E-state index contributed by atoms with van der Waals surface area (Å²) in [6.45, 7) is 7.52. The predicted octanol–water partition coefficient (Wildman–Crippen LogP) is 4.71. The lowest BCUT2D eigenvalue weighted by Gasteiger charge is -2.18. The summed E-state index contributed by atoms with van der Waals surface area (Å²) in [5.74, 6) is 0. The van der Waals surface area contributed by atoms with Crippen LogP contribution in [0, 0.1) is 0 Å². The van der Waals surface area contributed by atoms with E-state index in [9.17, 15) is 0 Å². The van der Waals surface area contributed by atoms with Crippen molar-refractivity contribution in [2.75, 3.05) is 6.61 Å².